The zero-order valence-corrected chi connectivity index (χ0v) is 13.9. The molecule has 0 amide bonds. The Kier molecular flexibility index (Phi) is 4.84. The quantitative estimate of drug-likeness (QED) is 0.495. The molecular formula is C15H17N5O3S. The monoisotopic (exact) mass is 347 g/mol. The van der Waals surface area contributed by atoms with Crippen molar-refractivity contribution < 1.29 is 9.29 Å². The summed E-state index contributed by atoms with van der Waals surface area (Å²) in [6.45, 7) is 0.651. The number of aromatic amines is 1. The van der Waals surface area contributed by atoms with Crippen LogP contribution in [0.4, 0.5) is 5.82 Å². The summed E-state index contributed by atoms with van der Waals surface area (Å²) in [4.78, 5) is 23.2. The lowest BCUT2D eigenvalue weighted by Crippen LogP contribution is -2.19. The number of methoxy groups -OCH3 is 1. The van der Waals surface area contributed by atoms with Crippen LogP contribution in [0.3, 0.4) is 0 Å². The highest BCUT2D eigenvalue weighted by molar-refractivity contribution is 7.91. The predicted molar refractivity (Wildman–Crippen MR) is 91.3 cm³/mol. The first-order chi connectivity index (χ1) is 11.6. The van der Waals surface area contributed by atoms with Gasteiger partial charge >= 0.3 is 10.8 Å². The van der Waals surface area contributed by atoms with Gasteiger partial charge < -0.3 is 20.0 Å². The smallest absolute Gasteiger partial charge is 0.346 e. The summed E-state index contributed by atoms with van der Waals surface area (Å²) in [6, 6.07) is 9.51. The molecule has 126 valence electrons. The van der Waals surface area contributed by atoms with Crippen LogP contribution >= 0.6 is 0 Å². The van der Waals surface area contributed by atoms with E-state index in [0.29, 0.717) is 24.3 Å². The molecule has 0 fully saturated rings. The van der Waals surface area contributed by atoms with E-state index in [2.05, 4.69) is 15.0 Å². The van der Waals surface area contributed by atoms with Crippen molar-refractivity contribution in [2.45, 2.75) is 11.7 Å². The lowest BCUT2D eigenvalue weighted by atomic mass is 10.2. The number of nitrogens with two attached hydrogens (primary N) is 1. The predicted octanol–water partition coefficient (Wildman–Crippen LogP) is 0.504. The molecule has 3 rings (SSSR count). The fourth-order valence-corrected chi connectivity index (χ4v) is 3.18. The minimum atomic E-state index is -1.45. The van der Waals surface area contributed by atoms with Crippen molar-refractivity contribution in [2.75, 3.05) is 25.2 Å². The molecule has 3 aromatic rings. The summed E-state index contributed by atoms with van der Waals surface area (Å²) in [6.07, 6.45) is 0. The maximum absolute atomic E-state index is 12.2. The fraction of sp³-hybridized carbons (Fsp3) is 0.267. The Morgan fingerprint density at radius 1 is 1.33 bits per heavy atom. The summed E-state index contributed by atoms with van der Waals surface area (Å²) in [5, 5.41) is 0.0952. The largest absolute Gasteiger partial charge is 0.609 e. The van der Waals surface area contributed by atoms with Gasteiger partial charge in [0.25, 0.3) is 0 Å². The molecule has 0 radical (unpaired) electrons. The van der Waals surface area contributed by atoms with Gasteiger partial charge in [-0.25, -0.2) is 4.79 Å². The Labute approximate surface area is 140 Å². The minimum Gasteiger partial charge on any atom is -0.609 e. The highest BCUT2D eigenvalue weighted by Gasteiger charge is 2.21. The molecule has 0 aliphatic heterocycles. The van der Waals surface area contributed by atoms with Gasteiger partial charge in [-0.05, 0) is 5.56 Å². The topological polar surface area (TPSA) is 122 Å². The van der Waals surface area contributed by atoms with Crippen LogP contribution < -0.4 is 11.4 Å². The molecule has 8 nitrogen and oxygen atoms in total. The van der Waals surface area contributed by atoms with Crippen molar-refractivity contribution in [2.24, 2.45) is 0 Å². The number of nitrogen functional groups attached to an aromatic ring is 1. The molecule has 1 atom stereocenters. The molecule has 2 aromatic heterocycles. The summed E-state index contributed by atoms with van der Waals surface area (Å²) < 4.78 is 18.6. The summed E-state index contributed by atoms with van der Waals surface area (Å²) in [5.74, 6) is 0.360. The van der Waals surface area contributed by atoms with Gasteiger partial charge in [-0.2, -0.15) is 9.97 Å². The third-order valence-corrected chi connectivity index (χ3v) is 4.62. The number of fused-ring (bicyclic) bond motifs is 1. The lowest BCUT2D eigenvalue weighted by molar-refractivity contribution is 0.217. The number of imidazole rings is 1. The van der Waals surface area contributed by atoms with Crippen LogP contribution in [0.2, 0.25) is 0 Å². The van der Waals surface area contributed by atoms with Crippen LogP contribution in [0.25, 0.3) is 11.2 Å². The molecular weight excluding hydrogens is 330 g/mol. The number of anilines is 1. The summed E-state index contributed by atoms with van der Waals surface area (Å²) in [5.41, 5.74) is 7.20. The van der Waals surface area contributed by atoms with Crippen molar-refractivity contribution in [3.63, 3.8) is 0 Å². The van der Waals surface area contributed by atoms with E-state index in [9.17, 15) is 9.35 Å². The van der Waals surface area contributed by atoms with Crippen molar-refractivity contribution in [1.29, 1.82) is 0 Å². The van der Waals surface area contributed by atoms with Gasteiger partial charge in [0, 0.05) is 18.3 Å². The molecule has 0 spiro atoms. The zero-order chi connectivity index (χ0) is 17.1. The normalized spacial score (nSPS) is 12.6. The molecule has 0 aliphatic carbocycles. The molecule has 1 aromatic carbocycles. The maximum atomic E-state index is 12.2. The van der Waals surface area contributed by atoms with Gasteiger partial charge in [0.15, 0.2) is 11.5 Å². The Morgan fingerprint density at radius 2 is 2.08 bits per heavy atom. The number of nitrogens with one attached hydrogen (secondary N) is 1. The van der Waals surface area contributed by atoms with Crippen LogP contribution in [0.1, 0.15) is 5.56 Å². The Balaban J connectivity index is 2.04. The van der Waals surface area contributed by atoms with Gasteiger partial charge in [0.2, 0.25) is 0 Å². The Morgan fingerprint density at radius 3 is 2.79 bits per heavy atom. The van der Waals surface area contributed by atoms with Gasteiger partial charge in [-0.1, -0.05) is 30.3 Å². The van der Waals surface area contributed by atoms with Crippen LogP contribution in [0.15, 0.2) is 40.3 Å². The maximum Gasteiger partial charge on any atom is 0.346 e. The molecule has 1 unspecified atom stereocenters. The van der Waals surface area contributed by atoms with Crippen molar-refractivity contribution in [3.05, 3.63) is 46.4 Å². The average Bonchev–Trinajstić information content (AvgIpc) is 2.90. The SMILES string of the molecule is COCC[S+]([O-])c1nc(N)c2[nH]c(=O)n(Cc3ccccc3)c2n1. The van der Waals surface area contributed by atoms with Gasteiger partial charge in [-0.3, -0.25) is 4.57 Å². The average molecular weight is 347 g/mol. The van der Waals surface area contributed by atoms with E-state index in [-0.39, 0.29) is 22.4 Å². The van der Waals surface area contributed by atoms with E-state index in [1.165, 1.54) is 11.7 Å². The summed E-state index contributed by atoms with van der Waals surface area (Å²) >= 11 is -1.45. The number of aromatic nitrogens is 4. The number of hydrogen-bond acceptors (Lipinski definition) is 6. The number of benzene rings is 1. The van der Waals surface area contributed by atoms with Gasteiger partial charge in [0.1, 0.15) is 11.3 Å². The van der Waals surface area contributed by atoms with Crippen LogP contribution in [-0.2, 0) is 22.5 Å². The van der Waals surface area contributed by atoms with E-state index in [1.54, 1.807) is 0 Å². The molecule has 9 heteroatoms. The highest BCUT2D eigenvalue weighted by atomic mass is 32.2. The molecule has 2 heterocycles. The second kappa shape index (κ2) is 7.04. The molecule has 0 bridgehead atoms. The van der Waals surface area contributed by atoms with E-state index >= 15 is 0 Å². The van der Waals surface area contributed by atoms with Crippen molar-refractivity contribution in [3.8, 4) is 0 Å². The number of hydrogen-bond donors (Lipinski definition) is 2. The third-order valence-electron chi connectivity index (χ3n) is 3.49. The molecule has 3 N–H and O–H groups in total. The first kappa shape index (κ1) is 16.5. The first-order valence-electron chi connectivity index (χ1n) is 7.27. The van der Waals surface area contributed by atoms with E-state index in [0.717, 1.165) is 5.56 Å². The summed E-state index contributed by atoms with van der Waals surface area (Å²) in [7, 11) is 1.53. The van der Waals surface area contributed by atoms with Crippen LogP contribution in [0, 0.1) is 0 Å². The minimum absolute atomic E-state index is 0.0952. The van der Waals surface area contributed by atoms with E-state index in [1.807, 2.05) is 30.3 Å². The zero-order valence-electron chi connectivity index (χ0n) is 13.1. The second-order valence-electron chi connectivity index (χ2n) is 5.13. The van der Waals surface area contributed by atoms with E-state index < -0.39 is 11.2 Å². The molecule has 0 saturated carbocycles. The lowest BCUT2D eigenvalue weighted by Gasteiger charge is -2.09. The van der Waals surface area contributed by atoms with Crippen molar-refractivity contribution in [1.82, 2.24) is 19.5 Å². The van der Waals surface area contributed by atoms with Gasteiger partial charge in [0.05, 0.1) is 13.2 Å². The fourth-order valence-electron chi connectivity index (χ4n) is 2.30. The molecule has 0 saturated heterocycles. The molecule has 0 aliphatic rings. The van der Waals surface area contributed by atoms with Gasteiger partial charge in [-0.15, -0.1) is 0 Å². The van der Waals surface area contributed by atoms with Crippen LogP contribution in [0.5, 0.6) is 0 Å². The number of ether oxygens (including phenoxy) is 1. The Bertz CT molecular complexity index is 893. The number of nitrogens with zero attached hydrogens (tertiary/aromatic N) is 3. The molecule has 24 heavy (non-hydrogen) atoms. The van der Waals surface area contributed by atoms with E-state index in [4.69, 9.17) is 10.5 Å². The first-order valence-corrected chi connectivity index (χ1v) is 8.59. The standard InChI is InChI=1S/C15H17N5O3S/c1-23-7-8-24(22)14-18-12(16)11-13(19-14)20(15(21)17-11)9-10-5-3-2-4-6-10/h2-6H,7-9H2,1H3,(H,17,21)(H2,16,18,19). The highest BCUT2D eigenvalue weighted by Crippen LogP contribution is 2.18. The van der Waals surface area contributed by atoms with Crippen molar-refractivity contribution >= 4 is 28.2 Å². The Hall–Kier alpha value is -2.36. The second-order valence-corrected chi connectivity index (χ2v) is 6.60. The number of rotatable bonds is 6. The third kappa shape index (κ3) is 3.28. The van der Waals surface area contributed by atoms with Crippen LogP contribution in [-0.4, -0.2) is 43.5 Å². The number of H-pyrrole nitrogens is 1.